The molecule has 0 aliphatic carbocycles. The van der Waals surface area contributed by atoms with Gasteiger partial charge < -0.3 is 9.47 Å². The number of benzene rings is 2. The summed E-state index contributed by atoms with van der Waals surface area (Å²) in [5.41, 5.74) is 1.14. The third kappa shape index (κ3) is 6.09. The number of rotatable bonds is 12. The SMILES string of the molecule is CCCCCCCOc1c(C)cc(OCC(C)CCCl)c2ccccc12. The molecule has 2 rings (SSSR count). The Hall–Kier alpha value is -1.41. The van der Waals surface area contributed by atoms with Crippen LogP contribution in [0.25, 0.3) is 10.8 Å². The van der Waals surface area contributed by atoms with E-state index in [-0.39, 0.29) is 0 Å². The van der Waals surface area contributed by atoms with Crippen molar-refractivity contribution in [1.82, 2.24) is 0 Å². The Bertz CT molecular complexity index is 669. The molecule has 3 heteroatoms. The number of alkyl halides is 1. The lowest BCUT2D eigenvalue weighted by molar-refractivity contribution is 0.259. The lowest BCUT2D eigenvalue weighted by Gasteiger charge is -2.18. The van der Waals surface area contributed by atoms with E-state index in [0.717, 1.165) is 47.3 Å². The number of fused-ring (bicyclic) bond motifs is 1. The van der Waals surface area contributed by atoms with Crippen LogP contribution in [0.15, 0.2) is 30.3 Å². The Balaban J connectivity index is 2.09. The van der Waals surface area contributed by atoms with Crippen molar-refractivity contribution in [2.24, 2.45) is 5.92 Å². The van der Waals surface area contributed by atoms with Gasteiger partial charge in [-0.15, -0.1) is 11.6 Å². The summed E-state index contributed by atoms with van der Waals surface area (Å²) < 4.78 is 12.3. The van der Waals surface area contributed by atoms with Crippen molar-refractivity contribution in [2.45, 2.75) is 59.3 Å². The lowest BCUT2D eigenvalue weighted by Crippen LogP contribution is -2.09. The molecular weight excluding hydrogens is 344 g/mol. The number of hydrogen-bond donors (Lipinski definition) is 0. The summed E-state index contributed by atoms with van der Waals surface area (Å²) in [7, 11) is 0. The van der Waals surface area contributed by atoms with Gasteiger partial charge in [0.2, 0.25) is 0 Å². The van der Waals surface area contributed by atoms with Gasteiger partial charge >= 0.3 is 0 Å². The molecule has 0 spiro atoms. The first-order valence-corrected chi connectivity index (χ1v) is 10.5. The minimum atomic E-state index is 0.450. The summed E-state index contributed by atoms with van der Waals surface area (Å²) in [6.45, 7) is 7.99. The molecule has 0 bridgehead atoms. The van der Waals surface area contributed by atoms with Gasteiger partial charge in [0, 0.05) is 16.7 Å². The number of hydrogen-bond acceptors (Lipinski definition) is 2. The fourth-order valence-corrected chi connectivity index (χ4v) is 3.51. The second-order valence-corrected chi connectivity index (χ2v) is 7.60. The second-order valence-electron chi connectivity index (χ2n) is 7.22. The van der Waals surface area contributed by atoms with Gasteiger partial charge in [-0.05, 0) is 37.3 Å². The average molecular weight is 377 g/mol. The van der Waals surface area contributed by atoms with Crippen molar-refractivity contribution in [3.05, 3.63) is 35.9 Å². The lowest BCUT2D eigenvalue weighted by atomic mass is 10.0. The van der Waals surface area contributed by atoms with E-state index >= 15 is 0 Å². The Morgan fingerprint density at radius 1 is 1.00 bits per heavy atom. The standard InChI is InChI=1S/C23H33ClO2/c1-4-5-6-7-10-15-25-23-19(3)16-22(26-17-18(2)13-14-24)20-11-8-9-12-21(20)23/h8-9,11-12,16,18H,4-7,10,13-15,17H2,1-3H3. The molecule has 0 N–H and O–H groups in total. The van der Waals surface area contributed by atoms with Crippen LogP contribution in [0.4, 0.5) is 0 Å². The van der Waals surface area contributed by atoms with Gasteiger partial charge in [-0.3, -0.25) is 0 Å². The van der Waals surface area contributed by atoms with Gasteiger partial charge in [0.25, 0.3) is 0 Å². The van der Waals surface area contributed by atoms with Crippen LogP contribution in [0.2, 0.25) is 0 Å². The van der Waals surface area contributed by atoms with Crippen molar-refractivity contribution < 1.29 is 9.47 Å². The van der Waals surface area contributed by atoms with Gasteiger partial charge in [-0.2, -0.15) is 0 Å². The van der Waals surface area contributed by atoms with Gasteiger partial charge in [0.15, 0.2) is 0 Å². The highest BCUT2D eigenvalue weighted by Crippen LogP contribution is 2.36. The van der Waals surface area contributed by atoms with Crippen LogP contribution in [-0.2, 0) is 0 Å². The molecule has 0 fully saturated rings. The smallest absolute Gasteiger partial charge is 0.130 e. The van der Waals surface area contributed by atoms with Crippen molar-refractivity contribution in [3.8, 4) is 11.5 Å². The molecule has 2 aromatic carbocycles. The number of halogens is 1. The van der Waals surface area contributed by atoms with Crippen molar-refractivity contribution in [3.63, 3.8) is 0 Å². The summed E-state index contributed by atoms with van der Waals surface area (Å²) in [6, 6.07) is 10.5. The van der Waals surface area contributed by atoms with Crippen LogP contribution in [0.5, 0.6) is 11.5 Å². The van der Waals surface area contributed by atoms with Gasteiger partial charge in [0.05, 0.1) is 13.2 Å². The first kappa shape index (κ1) is 20.9. The van der Waals surface area contributed by atoms with Gasteiger partial charge in [0.1, 0.15) is 11.5 Å². The fourth-order valence-electron chi connectivity index (χ4n) is 3.14. The Kier molecular flexibility index (Phi) is 9.11. The minimum absolute atomic E-state index is 0.450. The van der Waals surface area contributed by atoms with Crippen LogP contribution >= 0.6 is 11.6 Å². The van der Waals surface area contributed by atoms with E-state index < -0.39 is 0 Å². The zero-order valence-corrected chi connectivity index (χ0v) is 17.3. The molecule has 0 aliphatic heterocycles. The summed E-state index contributed by atoms with van der Waals surface area (Å²) in [4.78, 5) is 0. The highest BCUT2D eigenvalue weighted by Gasteiger charge is 2.13. The average Bonchev–Trinajstić information content (AvgIpc) is 2.64. The molecule has 0 heterocycles. The quantitative estimate of drug-likeness (QED) is 0.289. The molecule has 0 radical (unpaired) electrons. The first-order valence-electron chi connectivity index (χ1n) is 10.0. The molecule has 0 aliphatic rings. The molecule has 0 amide bonds. The number of aryl methyl sites for hydroxylation is 1. The Morgan fingerprint density at radius 2 is 1.73 bits per heavy atom. The molecule has 26 heavy (non-hydrogen) atoms. The minimum Gasteiger partial charge on any atom is -0.493 e. The van der Waals surface area contributed by atoms with Gasteiger partial charge in [-0.25, -0.2) is 0 Å². The maximum Gasteiger partial charge on any atom is 0.130 e. The molecule has 2 nitrogen and oxygen atoms in total. The topological polar surface area (TPSA) is 18.5 Å². The van der Waals surface area contributed by atoms with Gasteiger partial charge in [-0.1, -0.05) is 63.8 Å². The van der Waals surface area contributed by atoms with E-state index in [1.807, 2.05) is 0 Å². The highest BCUT2D eigenvalue weighted by atomic mass is 35.5. The molecule has 0 saturated heterocycles. The maximum atomic E-state index is 6.18. The van der Waals surface area contributed by atoms with E-state index in [1.165, 1.54) is 25.7 Å². The third-order valence-electron chi connectivity index (χ3n) is 4.76. The first-order chi connectivity index (χ1) is 12.7. The molecular formula is C23H33ClO2. The van der Waals surface area contributed by atoms with Crippen LogP contribution in [0.1, 0.15) is 57.9 Å². The van der Waals surface area contributed by atoms with Crippen molar-refractivity contribution in [1.29, 1.82) is 0 Å². The van der Waals surface area contributed by atoms with Crippen LogP contribution in [0.3, 0.4) is 0 Å². The zero-order valence-electron chi connectivity index (χ0n) is 16.5. The molecule has 0 saturated carbocycles. The zero-order chi connectivity index (χ0) is 18.8. The van der Waals surface area contributed by atoms with E-state index in [2.05, 4.69) is 51.1 Å². The van der Waals surface area contributed by atoms with E-state index in [1.54, 1.807) is 0 Å². The van der Waals surface area contributed by atoms with Crippen LogP contribution in [0, 0.1) is 12.8 Å². The number of ether oxygens (including phenoxy) is 2. The largest absolute Gasteiger partial charge is 0.493 e. The second kappa shape index (κ2) is 11.3. The van der Waals surface area contributed by atoms with Crippen molar-refractivity contribution >= 4 is 22.4 Å². The molecule has 1 atom stereocenters. The summed E-state index contributed by atoms with van der Waals surface area (Å²) >= 11 is 5.84. The highest BCUT2D eigenvalue weighted by molar-refractivity contribution is 6.17. The monoisotopic (exact) mass is 376 g/mol. The Morgan fingerprint density at radius 3 is 2.46 bits per heavy atom. The summed E-state index contributed by atoms with van der Waals surface area (Å²) in [5, 5.41) is 2.26. The molecule has 2 aromatic rings. The molecule has 0 aromatic heterocycles. The summed E-state index contributed by atoms with van der Waals surface area (Å²) in [6.07, 6.45) is 7.21. The molecule has 144 valence electrons. The number of unbranched alkanes of at least 4 members (excludes halogenated alkanes) is 4. The predicted octanol–water partition coefficient (Wildman–Crippen LogP) is 7.14. The van der Waals surface area contributed by atoms with Crippen molar-refractivity contribution in [2.75, 3.05) is 19.1 Å². The predicted molar refractivity (Wildman–Crippen MR) is 113 cm³/mol. The molecule has 1 unspecified atom stereocenters. The van der Waals surface area contributed by atoms with Crippen LogP contribution < -0.4 is 9.47 Å². The third-order valence-corrected chi connectivity index (χ3v) is 4.98. The normalized spacial score (nSPS) is 12.3. The fraction of sp³-hybridized carbons (Fsp3) is 0.565. The Labute approximate surface area is 163 Å². The van der Waals surface area contributed by atoms with E-state index in [9.17, 15) is 0 Å². The van der Waals surface area contributed by atoms with Crippen LogP contribution in [-0.4, -0.2) is 19.1 Å². The van der Waals surface area contributed by atoms with E-state index in [4.69, 9.17) is 21.1 Å². The summed E-state index contributed by atoms with van der Waals surface area (Å²) in [5.74, 6) is 3.06. The maximum absolute atomic E-state index is 6.18. The van der Waals surface area contributed by atoms with E-state index in [0.29, 0.717) is 18.4 Å².